The van der Waals surface area contributed by atoms with E-state index >= 15 is 0 Å². The van der Waals surface area contributed by atoms with Crippen LogP contribution in [0.3, 0.4) is 0 Å². The first-order valence-electron chi connectivity index (χ1n) is 6.87. The number of thiazole rings is 1. The van der Waals surface area contributed by atoms with E-state index in [4.69, 9.17) is 11.6 Å². The summed E-state index contributed by atoms with van der Waals surface area (Å²) >= 11 is 7.37. The van der Waals surface area contributed by atoms with Crippen LogP contribution in [0.1, 0.15) is 17.3 Å². The van der Waals surface area contributed by atoms with Crippen molar-refractivity contribution in [2.24, 2.45) is 5.92 Å². The van der Waals surface area contributed by atoms with Gasteiger partial charge in [0.1, 0.15) is 0 Å². The molecule has 3 rings (SSSR count). The Morgan fingerprint density at radius 1 is 1.46 bits per heavy atom. The molecule has 1 aliphatic rings. The molecule has 7 nitrogen and oxygen atoms in total. The van der Waals surface area contributed by atoms with Gasteiger partial charge in [-0.25, -0.2) is 17.7 Å². The average Bonchev–Trinajstić information content (AvgIpc) is 3.05. The second kappa shape index (κ2) is 6.15. The Hall–Kier alpha value is -1.97. The zero-order valence-electron chi connectivity index (χ0n) is 12.4. The average molecular weight is 386 g/mol. The zero-order chi connectivity index (χ0) is 17.5. The van der Waals surface area contributed by atoms with Crippen LogP contribution < -0.4 is 9.62 Å². The Morgan fingerprint density at radius 3 is 2.75 bits per heavy atom. The fraction of sp³-hybridized carbons (Fsp3) is 0.214. The van der Waals surface area contributed by atoms with Crippen LogP contribution in [0.15, 0.2) is 29.8 Å². The molecule has 0 radical (unpaired) electrons. The summed E-state index contributed by atoms with van der Waals surface area (Å²) in [7, 11) is -3.71. The number of anilines is 2. The standard InChI is InChI=1S/C14H12ClN3O4S2/c1-8-7-24(21,22)18(13(8)20)9-2-3-10(11(15)6-9)12(19)17-14-16-4-5-23-14/h2-6,8H,7H2,1H3,(H,16,17,19)/t8-/m1/s1. The van der Waals surface area contributed by atoms with Gasteiger partial charge in [0.05, 0.1) is 27.9 Å². The van der Waals surface area contributed by atoms with E-state index in [-0.39, 0.29) is 22.0 Å². The molecule has 2 amide bonds. The predicted molar refractivity (Wildman–Crippen MR) is 92.0 cm³/mol. The fourth-order valence-electron chi connectivity index (χ4n) is 2.35. The normalized spacial score (nSPS) is 19.5. The molecule has 0 bridgehead atoms. The van der Waals surface area contributed by atoms with E-state index in [1.807, 2.05) is 0 Å². The highest BCUT2D eigenvalue weighted by atomic mass is 35.5. The number of benzene rings is 1. The van der Waals surface area contributed by atoms with Crippen molar-refractivity contribution in [1.82, 2.24) is 4.98 Å². The number of aromatic nitrogens is 1. The second-order valence-electron chi connectivity index (χ2n) is 5.24. The van der Waals surface area contributed by atoms with E-state index < -0.39 is 27.8 Å². The number of nitrogens with zero attached hydrogens (tertiary/aromatic N) is 2. The zero-order valence-corrected chi connectivity index (χ0v) is 14.8. The van der Waals surface area contributed by atoms with Crippen LogP contribution in [0.4, 0.5) is 10.8 Å². The quantitative estimate of drug-likeness (QED) is 0.874. The van der Waals surface area contributed by atoms with Crippen LogP contribution in [-0.2, 0) is 14.8 Å². The molecule has 1 fully saturated rings. The van der Waals surface area contributed by atoms with E-state index in [2.05, 4.69) is 10.3 Å². The van der Waals surface area contributed by atoms with Crippen molar-refractivity contribution in [2.75, 3.05) is 15.4 Å². The van der Waals surface area contributed by atoms with E-state index in [0.29, 0.717) is 5.13 Å². The first kappa shape index (κ1) is 16.9. The van der Waals surface area contributed by atoms with Crippen molar-refractivity contribution in [3.8, 4) is 0 Å². The summed E-state index contributed by atoms with van der Waals surface area (Å²) in [6.07, 6.45) is 1.55. The smallest absolute Gasteiger partial charge is 0.258 e. The molecular formula is C14H12ClN3O4S2. The molecule has 24 heavy (non-hydrogen) atoms. The highest BCUT2D eigenvalue weighted by Crippen LogP contribution is 2.31. The van der Waals surface area contributed by atoms with Crippen molar-refractivity contribution in [2.45, 2.75) is 6.92 Å². The van der Waals surface area contributed by atoms with Crippen LogP contribution >= 0.6 is 22.9 Å². The lowest BCUT2D eigenvalue weighted by Gasteiger charge is -2.16. The molecule has 0 spiro atoms. The molecule has 10 heteroatoms. The Bertz CT molecular complexity index is 912. The molecular weight excluding hydrogens is 374 g/mol. The number of nitrogens with one attached hydrogen (secondary N) is 1. The van der Waals surface area contributed by atoms with Gasteiger partial charge in [0.25, 0.3) is 5.91 Å². The van der Waals surface area contributed by atoms with Crippen molar-refractivity contribution in [3.05, 3.63) is 40.4 Å². The molecule has 1 N–H and O–H groups in total. The summed E-state index contributed by atoms with van der Waals surface area (Å²) in [6, 6.07) is 4.06. The van der Waals surface area contributed by atoms with E-state index in [0.717, 1.165) is 4.31 Å². The number of halogens is 1. The van der Waals surface area contributed by atoms with Crippen LogP contribution in [0.2, 0.25) is 5.02 Å². The molecule has 1 saturated heterocycles. The SMILES string of the molecule is C[C@@H]1CS(=O)(=O)N(c2ccc(C(=O)Nc3nccs3)c(Cl)c2)C1=O. The van der Waals surface area contributed by atoms with Gasteiger partial charge in [0.2, 0.25) is 15.9 Å². The highest BCUT2D eigenvalue weighted by Gasteiger charge is 2.42. The topological polar surface area (TPSA) is 96.4 Å². The maximum Gasteiger partial charge on any atom is 0.258 e. The molecule has 2 heterocycles. The maximum atomic E-state index is 12.2. The van der Waals surface area contributed by atoms with E-state index in [9.17, 15) is 18.0 Å². The Kier molecular flexibility index (Phi) is 4.33. The number of carbonyl (C=O) groups excluding carboxylic acids is 2. The lowest BCUT2D eigenvalue weighted by molar-refractivity contribution is -0.119. The minimum absolute atomic E-state index is 0.0455. The van der Waals surface area contributed by atoms with E-state index in [1.54, 1.807) is 18.5 Å². The van der Waals surface area contributed by atoms with Gasteiger partial charge >= 0.3 is 0 Å². The third-order valence-electron chi connectivity index (χ3n) is 3.45. The molecule has 1 atom stereocenters. The number of hydrogen-bond donors (Lipinski definition) is 1. The van der Waals surface area contributed by atoms with Gasteiger partial charge in [-0.3, -0.25) is 14.9 Å². The number of sulfonamides is 1. The number of hydrogen-bond acceptors (Lipinski definition) is 6. The number of carbonyl (C=O) groups is 2. The summed E-state index contributed by atoms with van der Waals surface area (Å²) < 4.78 is 24.9. The largest absolute Gasteiger partial charge is 0.298 e. The third kappa shape index (κ3) is 3.02. The molecule has 1 aromatic heterocycles. The molecule has 1 aromatic carbocycles. The van der Waals surface area contributed by atoms with Crippen LogP contribution in [0.25, 0.3) is 0 Å². The molecule has 126 valence electrons. The van der Waals surface area contributed by atoms with Crippen molar-refractivity contribution in [1.29, 1.82) is 0 Å². The second-order valence-corrected chi connectivity index (χ2v) is 8.40. The minimum Gasteiger partial charge on any atom is -0.298 e. The monoisotopic (exact) mass is 385 g/mol. The Labute approximate surface area is 147 Å². The lowest BCUT2D eigenvalue weighted by Crippen LogP contribution is -2.30. The van der Waals surface area contributed by atoms with Gasteiger partial charge < -0.3 is 0 Å². The van der Waals surface area contributed by atoms with Crippen molar-refractivity contribution in [3.63, 3.8) is 0 Å². The van der Waals surface area contributed by atoms with Crippen LogP contribution in [-0.4, -0.2) is 31.0 Å². The van der Waals surface area contributed by atoms with Gasteiger partial charge in [0, 0.05) is 11.6 Å². The van der Waals surface area contributed by atoms with Gasteiger partial charge in [-0.2, -0.15) is 0 Å². The summed E-state index contributed by atoms with van der Waals surface area (Å²) in [4.78, 5) is 28.2. The van der Waals surface area contributed by atoms with Crippen LogP contribution in [0.5, 0.6) is 0 Å². The predicted octanol–water partition coefficient (Wildman–Crippen LogP) is 2.36. The molecule has 0 saturated carbocycles. The Balaban J connectivity index is 1.90. The molecule has 0 aliphatic carbocycles. The molecule has 2 aromatic rings. The fourth-order valence-corrected chi connectivity index (χ4v) is 4.95. The number of rotatable bonds is 3. The van der Waals surface area contributed by atoms with Gasteiger partial charge in [-0.15, -0.1) is 11.3 Å². The molecule has 1 aliphatic heterocycles. The third-order valence-corrected chi connectivity index (χ3v) is 6.31. The summed E-state index contributed by atoms with van der Waals surface area (Å²) in [6.45, 7) is 1.55. The maximum absolute atomic E-state index is 12.2. The van der Waals surface area contributed by atoms with Gasteiger partial charge in [-0.05, 0) is 18.2 Å². The lowest BCUT2D eigenvalue weighted by atomic mass is 10.1. The summed E-state index contributed by atoms with van der Waals surface area (Å²) in [5.74, 6) is -1.83. The number of amides is 2. The molecule has 0 unspecified atom stereocenters. The minimum atomic E-state index is -3.71. The Morgan fingerprint density at radius 2 is 2.21 bits per heavy atom. The first-order valence-corrected chi connectivity index (χ1v) is 9.73. The first-order chi connectivity index (χ1) is 11.3. The van der Waals surface area contributed by atoms with Gasteiger partial charge in [0.15, 0.2) is 5.13 Å². The van der Waals surface area contributed by atoms with Crippen LogP contribution in [0, 0.1) is 5.92 Å². The van der Waals surface area contributed by atoms with Crippen molar-refractivity contribution >= 4 is 55.6 Å². The van der Waals surface area contributed by atoms with E-state index in [1.165, 1.54) is 29.5 Å². The summed E-state index contributed by atoms with van der Waals surface area (Å²) in [5.41, 5.74) is 0.285. The van der Waals surface area contributed by atoms with Crippen molar-refractivity contribution < 1.29 is 18.0 Å². The summed E-state index contributed by atoms with van der Waals surface area (Å²) in [5, 5.41) is 4.77. The highest BCUT2D eigenvalue weighted by molar-refractivity contribution is 7.94. The van der Waals surface area contributed by atoms with Gasteiger partial charge in [-0.1, -0.05) is 18.5 Å².